The van der Waals surface area contributed by atoms with E-state index in [-0.39, 0.29) is 34.0 Å². The molecule has 0 bridgehead atoms. The van der Waals surface area contributed by atoms with Crippen LogP contribution in [0.3, 0.4) is 0 Å². The molecule has 0 unspecified atom stereocenters. The van der Waals surface area contributed by atoms with Gasteiger partial charge in [-0.2, -0.15) is 0 Å². The molecule has 1 amide bonds. The van der Waals surface area contributed by atoms with E-state index in [1.807, 2.05) is 0 Å². The largest absolute Gasteiger partial charge is 0.502 e. The number of hydrogen-bond donors (Lipinski definition) is 2. The Kier molecular flexibility index (Phi) is 5.01. The fourth-order valence-corrected chi connectivity index (χ4v) is 3.06. The number of nitrogens with zero attached hydrogens (tertiary/aromatic N) is 1. The molecule has 0 saturated carbocycles. The van der Waals surface area contributed by atoms with Gasteiger partial charge in [-0.3, -0.25) is 9.69 Å². The molecule has 1 aliphatic heterocycles. The average Bonchev–Trinajstić information content (AvgIpc) is 2.90. The van der Waals surface area contributed by atoms with Crippen molar-refractivity contribution in [3.63, 3.8) is 0 Å². The highest BCUT2D eigenvalue weighted by atomic mass is 35.5. The van der Waals surface area contributed by atoms with Crippen LogP contribution in [0.1, 0.15) is 5.56 Å². The zero-order valence-corrected chi connectivity index (χ0v) is 15.5. The van der Waals surface area contributed by atoms with Gasteiger partial charge in [-0.25, -0.2) is 0 Å². The summed E-state index contributed by atoms with van der Waals surface area (Å²) in [6, 6.07) is 10.1. The summed E-state index contributed by atoms with van der Waals surface area (Å²) < 4.78 is 10.3. The highest BCUT2D eigenvalue weighted by Gasteiger charge is 2.33. The molecule has 1 saturated heterocycles. The van der Waals surface area contributed by atoms with E-state index >= 15 is 0 Å². The van der Waals surface area contributed by atoms with E-state index in [1.54, 1.807) is 42.5 Å². The van der Waals surface area contributed by atoms with Gasteiger partial charge in [0.25, 0.3) is 5.91 Å². The minimum Gasteiger partial charge on any atom is -0.502 e. The Morgan fingerprint density at radius 2 is 1.81 bits per heavy atom. The van der Waals surface area contributed by atoms with Crippen LogP contribution < -0.4 is 19.7 Å². The van der Waals surface area contributed by atoms with Crippen molar-refractivity contribution in [3.05, 3.63) is 52.7 Å². The molecule has 6 nitrogen and oxygen atoms in total. The van der Waals surface area contributed by atoms with Crippen LogP contribution in [0.25, 0.3) is 6.08 Å². The lowest BCUT2D eigenvalue weighted by atomic mass is 10.1. The lowest BCUT2D eigenvalue weighted by Gasteiger charge is -2.15. The summed E-state index contributed by atoms with van der Waals surface area (Å²) >= 11 is 11.5. The fourth-order valence-electron chi connectivity index (χ4n) is 2.55. The van der Waals surface area contributed by atoms with Crippen molar-refractivity contribution in [2.75, 3.05) is 19.1 Å². The quantitative estimate of drug-likeness (QED) is 0.616. The third-order valence-electron chi connectivity index (χ3n) is 3.78. The predicted octanol–water partition coefficient (Wildman–Crippen LogP) is 3.33. The average molecular weight is 391 g/mol. The zero-order valence-electron chi connectivity index (χ0n) is 13.9. The number of carbonyl (C=O) groups excluding carboxylic acids is 1. The number of carbonyl (C=O) groups is 1. The molecule has 0 spiro atoms. The number of rotatable bonds is 4. The van der Waals surface area contributed by atoms with Crippen molar-refractivity contribution in [1.29, 1.82) is 0 Å². The molecule has 8 heteroatoms. The van der Waals surface area contributed by atoms with E-state index in [0.717, 1.165) is 0 Å². The number of nitrogens with one attached hydrogen (secondary N) is 1. The lowest BCUT2D eigenvalue weighted by Crippen LogP contribution is -2.30. The van der Waals surface area contributed by atoms with Crippen molar-refractivity contribution < 1.29 is 19.4 Å². The molecule has 0 radical (unpaired) electrons. The van der Waals surface area contributed by atoms with E-state index in [0.29, 0.717) is 16.3 Å². The molecule has 0 atom stereocenters. The number of ether oxygens (including phenoxy) is 2. The fraction of sp³-hybridized carbons (Fsp3) is 0.111. The molecule has 0 aromatic heterocycles. The molecule has 26 heavy (non-hydrogen) atoms. The van der Waals surface area contributed by atoms with Gasteiger partial charge in [-0.05, 0) is 48.1 Å². The summed E-state index contributed by atoms with van der Waals surface area (Å²) in [7, 11) is 2.86. The van der Waals surface area contributed by atoms with E-state index in [9.17, 15) is 9.90 Å². The zero-order chi connectivity index (χ0) is 18.8. The summed E-state index contributed by atoms with van der Waals surface area (Å²) in [5, 5.41) is 13.5. The maximum Gasteiger partial charge on any atom is 0.281 e. The topological polar surface area (TPSA) is 71.0 Å². The van der Waals surface area contributed by atoms with Crippen LogP contribution >= 0.6 is 23.8 Å². The second-order valence-corrected chi connectivity index (χ2v) is 6.15. The van der Waals surface area contributed by atoms with Crippen molar-refractivity contribution >= 4 is 46.6 Å². The van der Waals surface area contributed by atoms with Crippen molar-refractivity contribution in [1.82, 2.24) is 5.32 Å². The van der Waals surface area contributed by atoms with Gasteiger partial charge in [0.2, 0.25) is 5.75 Å². The second kappa shape index (κ2) is 7.23. The van der Waals surface area contributed by atoms with Gasteiger partial charge >= 0.3 is 0 Å². The first-order chi connectivity index (χ1) is 12.5. The van der Waals surface area contributed by atoms with Gasteiger partial charge in [0.05, 0.1) is 24.9 Å². The standard InChI is InChI=1S/C18H15ClN2O4S/c1-24-14-8-10(9-15(25-2)16(14)22)7-12-17(23)21(18(26)20-12)13-6-4-3-5-11(13)19/h3-9,22H,1-2H3,(H,20,26)/b12-7-. The molecule has 1 heterocycles. The number of phenolic OH excluding ortho intramolecular Hbond substituents is 1. The van der Waals surface area contributed by atoms with E-state index in [4.69, 9.17) is 33.3 Å². The Balaban J connectivity index is 2.00. The third-order valence-corrected chi connectivity index (χ3v) is 4.39. The van der Waals surface area contributed by atoms with Gasteiger partial charge < -0.3 is 19.9 Å². The number of amides is 1. The van der Waals surface area contributed by atoms with Gasteiger partial charge in [0, 0.05) is 0 Å². The smallest absolute Gasteiger partial charge is 0.281 e. The number of hydrogen-bond acceptors (Lipinski definition) is 5. The first-order valence-corrected chi connectivity index (χ1v) is 8.31. The molecule has 1 aliphatic rings. The van der Waals surface area contributed by atoms with Crippen molar-refractivity contribution in [2.24, 2.45) is 0 Å². The molecule has 2 aromatic rings. The number of aromatic hydroxyl groups is 1. The van der Waals surface area contributed by atoms with Gasteiger partial charge in [-0.15, -0.1) is 0 Å². The van der Waals surface area contributed by atoms with Gasteiger partial charge in [0.1, 0.15) is 5.70 Å². The summed E-state index contributed by atoms with van der Waals surface area (Å²) in [6.07, 6.45) is 1.59. The van der Waals surface area contributed by atoms with Crippen LogP contribution in [0.4, 0.5) is 5.69 Å². The number of thiocarbonyl (C=S) groups is 1. The number of phenols is 1. The lowest BCUT2D eigenvalue weighted by molar-refractivity contribution is -0.113. The summed E-state index contributed by atoms with van der Waals surface area (Å²) in [5.74, 6) is 0.00421. The highest BCUT2D eigenvalue weighted by Crippen LogP contribution is 2.38. The first-order valence-electron chi connectivity index (χ1n) is 7.53. The summed E-state index contributed by atoms with van der Waals surface area (Å²) in [6.45, 7) is 0. The first kappa shape index (κ1) is 18.0. The number of methoxy groups -OCH3 is 2. The maximum absolute atomic E-state index is 12.8. The van der Waals surface area contributed by atoms with Crippen LogP contribution in [0.15, 0.2) is 42.1 Å². The number of anilines is 1. The molecule has 1 fully saturated rings. The molecule has 2 aromatic carbocycles. The summed E-state index contributed by atoms with van der Waals surface area (Å²) in [5.41, 5.74) is 1.36. The van der Waals surface area contributed by atoms with Gasteiger partial charge in [-0.1, -0.05) is 23.7 Å². The van der Waals surface area contributed by atoms with Crippen LogP contribution in [0, 0.1) is 0 Å². The van der Waals surface area contributed by atoms with Crippen LogP contribution in [0.2, 0.25) is 5.02 Å². The van der Waals surface area contributed by atoms with E-state index < -0.39 is 0 Å². The Labute approximate surface area is 160 Å². The number of para-hydroxylation sites is 1. The SMILES string of the molecule is COc1cc(/C=C2\NC(=S)N(c3ccccc3Cl)C2=O)cc(OC)c1O. The van der Waals surface area contributed by atoms with E-state index in [1.165, 1.54) is 19.1 Å². The van der Waals surface area contributed by atoms with Crippen LogP contribution in [-0.4, -0.2) is 30.3 Å². The molecular weight excluding hydrogens is 376 g/mol. The molecule has 2 N–H and O–H groups in total. The number of benzene rings is 2. The Bertz CT molecular complexity index is 904. The van der Waals surface area contributed by atoms with E-state index in [2.05, 4.69) is 5.32 Å². The van der Waals surface area contributed by atoms with Crippen molar-refractivity contribution in [2.45, 2.75) is 0 Å². The normalized spacial score (nSPS) is 15.3. The predicted molar refractivity (Wildman–Crippen MR) is 104 cm³/mol. The third kappa shape index (κ3) is 3.18. The van der Waals surface area contributed by atoms with Crippen molar-refractivity contribution in [3.8, 4) is 17.2 Å². The maximum atomic E-state index is 12.8. The van der Waals surface area contributed by atoms with Crippen LogP contribution in [0.5, 0.6) is 17.2 Å². The second-order valence-electron chi connectivity index (χ2n) is 5.35. The number of halogens is 1. The Hall–Kier alpha value is -2.77. The Morgan fingerprint density at radius 1 is 1.19 bits per heavy atom. The molecule has 0 aliphatic carbocycles. The highest BCUT2D eigenvalue weighted by molar-refractivity contribution is 7.80. The monoisotopic (exact) mass is 390 g/mol. The molecule has 3 rings (SSSR count). The van der Waals surface area contributed by atoms with Crippen LogP contribution in [-0.2, 0) is 4.79 Å². The summed E-state index contributed by atoms with van der Waals surface area (Å²) in [4.78, 5) is 14.1. The molecule has 134 valence electrons. The molecular formula is C18H15ClN2O4S. The van der Waals surface area contributed by atoms with Gasteiger partial charge in [0.15, 0.2) is 16.6 Å². The Morgan fingerprint density at radius 3 is 2.38 bits per heavy atom. The minimum atomic E-state index is -0.339. The minimum absolute atomic E-state index is 0.115.